The van der Waals surface area contributed by atoms with Gasteiger partial charge in [-0.05, 0) is 55.2 Å². The molecule has 0 amide bonds. The standard InChI is InChI=1S/C27H27F6N3O2/c1-15-5-3-4-6-20(15)24-21-12-22(35-8-7-34-14-35)25(37)36(21)13-23(24)38-16(2)17-9-18(26(28,29)30)11-19(10-17)27(31,32)33/h3-11,14,16,21-25,37H,12-13H2,1-2H3/t16-,21+,22?,23+,24+,25?/m1/s1. The molecule has 38 heavy (non-hydrogen) atoms. The maximum Gasteiger partial charge on any atom is 0.416 e. The fraction of sp³-hybridized carbons (Fsp3) is 0.444. The molecule has 11 heteroatoms. The number of hydrogen-bond acceptors (Lipinski definition) is 4. The highest BCUT2D eigenvalue weighted by Gasteiger charge is 2.53. The van der Waals surface area contributed by atoms with Gasteiger partial charge in [-0.2, -0.15) is 26.3 Å². The lowest BCUT2D eigenvalue weighted by Crippen LogP contribution is -2.35. The number of fused-ring (bicyclic) bond motifs is 1. The maximum atomic E-state index is 13.4. The maximum absolute atomic E-state index is 13.4. The molecular formula is C27H27F6N3O2. The summed E-state index contributed by atoms with van der Waals surface area (Å²) in [5.74, 6) is -0.255. The molecule has 0 radical (unpaired) electrons. The van der Waals surface area contributed by atoms with Crippen LogP contribution in [0, 0.1) is 6.92 Å². The van der Waals surface area contributed by atoms with Crippen LogP contribution in [0.5, 0.6) is 0 Å². The second-order valence-corrected chi connectivity index (χ2v) is 10.0. The number of ether oxygens (including phenoxy) is 1. The zero-order valence-electron chi connectivity index (χ0n) is 20.6. The van der Waals surface area contributed by atoms with E-state index in [9.17, 15) is 31.4 Å². The van der Waals surface area contributed by atoms with E-state index in [2.05, 4.69) is 4.98 Å². The lowest BCUT2D eigenvalue weighted by molar-refractivity contribution is -0.143. The number of nitrogens with zero attached hydrogens (tertiary/aromatic N) is 3. The summed E-state index contributed by atoms with van der Waals surface area (Å²) in [7, 11) is 0. The minimum absolute atomic E-state index is 0.116. The summed E-state index contributed by atoms with van der Waals surface area (Å²) in [6.45, 7) is 3.67. The zero-order valence-corrected chi connectivity index (χ0v) is 20.6. The molecule has 2 aliphatic rings. The number of hydrogen-bond donors (Lipinski definition) is 1. The van der Waals surface area contributed by atoms with Crippen LogP contribution in [-0.4, -0.2) is 44.5 Å². The van der Waals surface area contributed by atoms with E-state index in [1.54, 1.807) is 18.7 Å². The Morgan fingerprint density at radius 1 is 1.00 bits per heavy atom. The van der Waals surface area contributed by atoms with E-state index in [4.69, 9.17) is 4.74 Å². The Hall–Kier alpha value is -2.89. The van der Waals surface area contributed by atoms with Crippen LogP contribution >= 0.6 is 0 Å². The van der Waals surface area contributed by atoms with E-state index in [0.717, 1.165) is 11.1 Å². The first-order valence-electron chi connectivity index (χ1n) is 12.3. The van der Waals surface area contributed by atoms with Crippen molar-refractivity contribution in [1.82, 2.24) is 14.5 Å². The third-order valence-corrected chi connectivity index (χ3v) is 7.71. The summed E-state index contributed by atoms with van der Waals surface area (Å²) >= 11 is 0. The first-order chi connectivity index (χ1) is 17.8. The molecule has 5 rings (SSSR count). The van der Waals surface area contributed by atoms with Gasteiger partial charge in [-0.3, -0.25) is 4.90 Å². The summed E-state index contributed by atoms with van der Waals surface area (Å²) in [4.78, 5) is 5.98. The van der Waals surface area contributed by atoms with Gasteiger partial charge in [0.1, 0.15) is 6.23 Å². The van der Waals surface area contributed by atoms with E-state index in [1.165, 1.54) is 6.92 Å². The van der Waals surface area contributed by atoms with Crippen LogP contribution in [-0.2, 0) is 17.1 Å². The number of aromatic nitrogens is 2. The van der Waals surface area contributed by atoms with E-state index in [0.29, 0.717) is 18.6 Å². The van der Waals surface area contributed by atoms with Crippen molar-refractivity contribution in [2.75, 3.05) is 6.54 Å². The minimum atomic E-state index is -4.94. The predicted octanol–water partition coefficient (Wildman–Crippen LogP) is 6.11. The normalized spacial score (nSPS) is 27.0. The quantitative estimate of drug-likeness (QED) is 0.398. The largest absolute Gasteiger partial charge is 0.416 e. The van der Waals surface area contributed by atoms with Crippen molar-refractivity contribution in [3.8, 4) is 0 Å². The molecule has 2 saturated heterocycles. The van der Waals surface area contributed by atoms with Gasteiger partial charge in [-0.25, -0.2) is 4.98 Å². The summed E-state index contributed by atoms with van der Waals surface area (Å²) in [6.07, 6.45) is -6.74. The zero-order chi connectivity index (χ0) is 27.4. The molecule has 5 nitrogen and oxygen atoms in total. The predicted molar refractivity (Wildman–Crippen MR) is 126 cm³/mol. The number of halogens is 6. The lowest BCUT2D eigenvalue weighted by atomic mass is 9.85. The summed E-state index contributed by atoms with van der Waals surface area (Å²) < 4.78 is 88.7. The number of aryl methyl sites for hydroxylation is 1. The minimum Gasteiger partial charge on any atom is -0.376 e. The highest BCUT2D eigenvalue weighted by molar-refractivity contribution is 5.36. The molecule has 0 bridgehead atoms. The molecule has 0 saturated carbocycles. The Labute approximate surface area is 215 Å². The van der Waals surface area contributed by atoms with E-state index in [1.807, 2.05) is 40.7 Å². The second-order valence-electron chi connectivity index (χ2n) is 10.0. The Morgan fingerprint density at radius 3 is 2.24 bits per heavy atom. The van der Waals surface area contributed by atoms with Gasteiger partial charge < -0.3 is 14.4 Å². The highest BCUT2D eigenvalue weighted by Crippen LogP contribution is 2.48. The first-order valence-corrected chi connectivity index (χ1v) is 12.3. The molecular weight excluding hydrogens is 512 g/mol. The van der Waals surface area contributed by atoms with Crippen molar-refractivity contribution in [2.45, 2.75) is 69.1 Å². The van der Waals surface area contributed by atoms with Crippen LogP contribution in [0.25, 0.3) is 0 Å². The number of aliphatic hydroxyl groups excluding tert-OH is 1. The van der Waals surface area contributed by atoms with Crippen molar-refractivity contribution in [3.63, 3.8) is 0 Å². The van der Waals surface area contributed by atoms with E-state index >= 15 is 0 Å². The molecule has 0 spiro atoms. The van der Waals surface area contributed by atoms with Crippen LogP contribution < -0.4 is 0 Å². The Kier molecular flexibility index (Phi) is 6.81. The summed E-state index contributed by atoms with van der Waals surface area (Å²) in [6, 6.07) is 8.81. The van der Waals surface area contributed by atoms with Gasteiger partial charge in [0.15, 0.2) is 0 Å². The van der Waals surface area contributed by atoms with Crippen molar-refractivity contribution >= 4 is 0 Å². The number of aliphatic hydroxyl groups is 1. The van der Waals surface area contributed by atoms with Gasteiger partial charge in [0, 0.05) is 30.9 Å². The number of benzene rings is 2. The molecule has 2 unspecified atom stereocenters. The third-order valence-electron chi connectivity index (χ3n) is 7.71. The molecule has 2 fully saturated rings. The van der Waals surface area contributed by atoms with E-state index < -0.39 is 41.9 Å². The molecule has 2 aromatic carbocycles. The van der Waals surface area contributed by atoms with Gasteiger partial charge in [0.25, 0.3) is 0 Å². The Morgan fingerprint density at radius 2 is 1.66 bits per heavy atom. The molecule has 1 N–H and O–H groups in total. The fourth-order valence-corrected chi connectivity index (χ4v) is 5.88. The Balaban J connectivity index is 1.48. The molecule has 0 aliphatic carbocycles. The topological polar surface area (TPSA) is 50.5 Å². The van der Waals surface area contributed by atoms with Gasteiger partial charge in [0.2, 0.25) is 0 Å². The molecule has 3 aromatic rings. The average molecular weight is 540 g/mol. The summed E-state index contributed by atoms with van der Waals surface area (Å²) in [5, 5.41) is 11.2. The van der Waals surface area contributed by atoms with E-state index in [-0.39, 0.29) is 36.2 Å². The van der Waals surface area contributed by atoms with Crippen LogP contribution in [0.1, 0.15) is 59.2 Å². The third kappa shape index (κ3) is 4.94. The number of rotatable bonds is 5. The molecule has 1 aromatic heterocycles. The molecule has 204 valence electrons. The Bertz CT molecular complexity index is 1240. The second kappa shape index (κ2) is 9.69. The van der Waals surface area contributed by atoms with Crippen molar-refractivity contribution in [2.24, 2.45) is 0 Å². The van der Waals surface area contributed by atoms with Gasteiger partial charge >= 0.3 is 12.4 Å². The average Bonchev–Trinajstić information content (AvgIpc) is 3.56. The van der Waals surface area contributed by atoms with Crippen LogP contribution in [0.2, 0.25) is 0 Å². The highest BCUT2D eigenvalue weighted by atomic mass is 19.4. The lowest BCUT2D eigenvalue weighted by Gasteiger charge is -2.29. The van der Waals surface area contributed by atoms with Crippen molar-refractivity contribution in [3.05, 3.63) is 89.0 Å². The molecule has 3 heterocycles. The van der Waals surface area contributed by atoms with Gasteiger partial charge in [-0.15, -0.1) is 0 Å². The van der Waals surface area contributed by atoms with Gasteiger partial charge in [-0.1, -0.05) is 24.3 Å². The summed E-state index contributed by atoms with van der Waals surface area (Å²) in [5.41, 5.74) is -1.01. The number of imidazole rings is 1. The van der Waals surface area contributed by atoms with Crippen molar-refractivity contribution in [1.29, 1.82) is 0 Å². The van der Waals surface area contributed by atoms with Crippen LogP contribution in [0.15, 0.2) is 61.2 Å². The smallest absolute Gasteiger partial charge is 0.376 e. The van der Waals surface area contributed by atoms with Crippen LogP contribution in [0.3, 0.4) is 0 Å². The molecule has 2 aliphatic heterocycles. The monoisotopic (exact) mass is 539 g/mol. The fourth-order valence-electron chi connectivity index (χ4n) is 5.88. The van der Waals surface area contributed by atoms with Gasteiger partial charge in [0.05, 0.1) is 35.7 Å². The SMILES string of the molecule is Cc1ccccc1[C@@H]1[C@@H](O[C@H](C)c2cc(C(F)(F)F)cc(C(F)(F)F)c2)CN2C(O)C(n3ccnc3)C[C@@H]12. The first kappa shape index (κ1) is 26.7. The number of alkyl halides is 6. The molecule has 6 atom stereocenters. The van der Waals surface area contributed by atoms with Crippen molar-refractivity contribution < 1.29 is 36.2 Å². The van der Waals surface area contributed by atoms with Crippen LogP contribution in [0.4, 0.5) is 26.3 Å².